The summed E-state index contributed by atoms with van der Waals surface area (Å²) in [4.78, 5) is 6.89. The molecule has 0 saturated carbocycles. The normalized spacial score (nSPS) is 16.3. The quantitative estimate of drug-likeness (QED) is 0.724. The highest BCUT2D eigenvalue weighted by Crippen LogP contribution is 2.34. The molecule has 144 valence electrons. The molecule has 0 amide bonds. The Morgan fingerprint density at radius 3 is 2.56 bits per heavy atom. The van der Waals surface area contributed by atoms with Gasteiger partial charge in [-0.15, -0.1) is 12.4 Å². The van der Waals surface area contributed by atoms with Crippen molar-refractivity contribution in [2.24, 2.45) is 0 Å². The monoisotopic (exact) mass is 388 g/mol. The van der Waals surface area contributed by atoms with Crippen molar-refractivity contribution < 1.29 is 4.52 Å². The second-order valence-corrected chi connectivity index (χ2v) is 7.09. The van der Waals surface area contributed by atoms with Crippen LogP contribution in [0.3, 0.4) is 0 Å². The minimum absolute atomic E-state index is 0. The van der Waals surface area contributed by atoms with Gasteiger partial charge in [-0.2, -0.15) is 10.1 Å². The first-order valence-corrected chi connectivity index (χ1v) is 8.96. The second-order valence-electron chi connectivity index (χ2n) is 7.09. The summed E-state index contributed by atoms with van der Waals surface area (Å²) in [5.74, 6) is 1.26. The minimum atomic E-state index is -0.370. The van der Waals surface area contributed by atoms with Crippen LogP contribution in [0.4, 0.5) is 0 Å². The van der Waals surface area contributed by atoms with Crippen molar-refractivity contribution in [2.45, 2.75) is 24.9 Å². The molecule has 1 fully saturated rings. The standard InChI is InChI=1S/C19H24N6O.ClH/c1-24(2)14-15-4-6-16(7-5-15)17-22-18(26-23-17)19(8-11-20-12-9-19)25-13-3-10-21-25;/h3-7,10,13,20H,8-9,11-12,14H2,1-2H3;1H. The van der Waals surface area contributed by atoms with Crippen LogP contribution in [0.25, 0.3) is 11.4 Å². The topological polar surface area (TPSA) is 72.0 Å². The molecule has 0 unspecified atom stereocenters. The van der Waals surface area contributed by atoms with Gasteiger partial charge in [0.15, 0.2) is 0 Å². The predicted octanol–water partition coefficient (Wildman–Crippen LogP) is 2.54. The molecular weight excluding hydrogens is 364 g/mol. The van der Waals surface area contributed by atoms with Crippen LogP contribution in [-0.4, -0.2) is 52.0 Å². The van der Waals surface area contributed by atoms with E-state index < -0.39 is 0 Å². The number of nitrogens with one attached hydrogen (secondary N) is 1. The van der Waals surface area contributed by atoms with Gasteiger partial charge in [0.05, 0.1) is 0 Å². The van der Waals surface area contributed by atoms with Gasteiger partial charge < -0.3 is 14.7 Å². The number of piperidine rings is 1. The van der Waals surface area contributed by atoms with E-state index in [-0.39, 0.29) is 17.9 Å². The average Bonchev–Trinajstić information content (AvgIpc) is 3.35. The lowest BCUT2D eigenvalue weighted by Gasteiger charge is -2.34. The van der Waals surface area contributed by atoms with Crippen molar-refractivity contribution in [3.8, 4) is 11.4 Å². The Bertz CT molecular complexity index is 837. The maximum Gasteiger partial charge on any atom is 0.255 e. The van der Waals surface area contributed by atoms with Crippen LogP contribution in [0.1, 0.15) is 24.3 Å². The van der Waals surface area contributed by atoms with Crippen LogP contribution in [0.15, 0.2) is 47.2 Å². The maximum absolute atomic E-state index is 5.72. The summed E-state index contributed by atoms with van der Waals surface area (Å²) in [5.41, 5.74) is 1.85. The van der Waals surface area contributed by atoms with E-state index in [0.29, 0.717) is 11.7 Å². The Balaban J connectivity index is 0.00000210. The third-order valence-corrected chi connectivity index (χ3v) is 4.91. The van der Waals surface area contributed by atoms with Crippen LogP contribution >= 0.6 is 12.4 Å². The summed E-state index contributed by atoms with van der Waals surface area (Å²) in [5, 5.41) is 12.1. The summed E-state index contributed by atoms with van der Waals surface area (Å²) in [6, 6.07) is 10.3. The second kappa shape index (κ2) is 8.21. The number of halogens is 1. The van der Waals surface area contributed by atoms with E-state index in [0.717, 1.165) is 38.0 Å². The van der Waals surface area contributed by atoms with Crippen LogP contribution < -0.4 is 5.32 Å². The lowest BCUT2D eigenvalue weighted by atomic mass is 9.88. The first kappa shape index (κ1) is 19.5. The molecule has 0 bridgehead atoms. The predicted molar refractivity (Wildman–Crippen MR) is 106 cm³/mol. The summed E-state index contributed by atoms with van der Waals surface area (Å²) < 4.78 is 7.69. The Morgan fingerprint density at radius 1 is 1.19 bits per heavy atom. The Morgan fingerprint density at radius 2 is 1.93 bits per heavy atom. The van der Waals surface area contributed by atoms with Gasteiger partial charge in [0.25, 0.3) is 5.89 Å². The fourth-order valence-corrected chi connectivity index (χ4v) is 3.56. The van der Waals surface area contributed by atoms with Crippen molar-refractivity contribution in [3.63, 3.8) is 0 Å². The summed E-state index contributed by atoms with van der Waals surface area (Å²) in [7, 11) is 4.13. The van der Waals surface area contributed by atoms with Gasteiger partial charge in [-0.25, -0.2) is 0 Å². The van der Waals surface area contributed by atoms with Gasteiger partial charge in [-0.3, -0.25) is 4.68 Å². The zero-order chi connectivity index (χ0) is 18.0. The van der Waals surface area contributed by atoms with Crippen LogP contribution in [0.2, 0.25) is 0 Å². The SMILES string of the molecule is CN(C)Cc1ccc(-c2noc(C3(n4cccn4)CCNCC3)n2)cc1.Cl. The highest BCUT2D eigenvalue weighted by Gasteiger charge is 2.41. The van der Waals surface area contributed by atoms with Gasteiger partial charge in [0, 0.05) is 24.5 Å². The molecule has 7 nitrogen and oxygen atoms in total. The van der Waals surface area contributed by atoms with Crippen molar-refractivity contribution in [1.29, 1.82) is 0 Å². The summed E-state index contributed by atoms with van der Waals surface area (Å²) in [6.07, 6.45) is 5.52. The van der Waals surface area contributed by atoms with Gasteiger partial charge in [0.2, 0.25) is 5.82 Å². The molecule has 1 N–H and O–H groups in total. The lowest BCUT2D eigenvalue weighted by molar-refractivity contribution is 0.172. The molecular formula is C19H25ClN6O. The number of benzene rings is 1. The van der Waals surface area contributed by atoms with Crippen molar-refractivity contribution in [3.05, 3.63) is 54.2 Å². The zero-order valence-corrected chi connectivity index (χ0v) is 16.4. The number of aromatic nitrogens is 4. The summed E-state index contributed by atoms with van der Waals surface area (Å²) in [6.45, 7) is 2.71. The Kier molecular flexibility index (Phi) is 5.94. The maximum atomic E-state index is 5.72. The molecule has 0 spiro atoms. The van der Waals surface area contributed by atoms with Gasteiger partial charge >= 0.3 is 0 Å². The van der Waals surface area contributed by atoms with Crippen molar-refractivity contribution in [1.82, 2.24) is 30.1 Å². The molecule has 3 aromatic rings. The minimum Gasteiger partial charge on any atom is -0.336 e. The van der Waals surface area contributed by atoms with E-state index in [1.165, 1.54) is 5.56 Å². The number of hydrogen-bond donors (Lipinski definition) is 1. The molecule has 2 aromatic heterocycles. The largest absolute Gasteiger partial charge is 0.336 e. The number of nitrogens with zero attached hydrogens (tertiary/aromatic N) is 5. The fourth-order valence-electron chi connectivity index (χ4n) is 3.56. The van der Waals surface area contributed by atoms with Crippen molar-refractivity contribution >= 4 is 12.4 Å². The van der Waals surface area contributed by atoms with Gasteiger partial charge in [-0.1, -0.05) is 29.4 Å². The fraction of sp³-hybridized carbons (Fsp3) is 0.421. The molecule has 8 heteroatoms. The smallest absolute Gasteiger partial charge is 0.255 e. The molecule has 1 aliphatic heterocycles. The molecule has 1 aliphatic rings. The van der Waals surface area contributed by atoms with E-state index in [9.17, 15) is 0 Å². The first-order valence-electron chi connectivity index (χ1n) is 8.96. The Hall–Kier alpha value is -2.22. The van der Waals surface area contributed by atoms with Crippen LogP contribution in [0.5, 0.6) is 0 Å². The lowest BCUT2D eigenvalue weighted by Crippen LogP contribution is -2.45. The molecule has 0 aliphatic carbocycles. The van der Waals surface area contributed by atoms with Crippen LogP contribution in [0, 0.1) is 0 Å². The summed E-state index contributed by atoms with van der Waals surface area (Å²) >= 11 is 0. The number of hydrogen-bond acceptors (Lipinski definition) is 6. The van der Waals surface area contributed by atoms with E-state index in [1.54, 1.807) is 6.20 Å². The zero-order valence-electron chi connectivity index (χ0n) is 15.6. The molecule has 0 atom stereocenters. The van der Waals surface area contributed by atoms with E-state index in [4.69, 9.17) is 9.51 Å². The van der Waals surface area contributed by atoms with E-state index in [2.05, 4.69) is 58.8 Å². The highest BCUT2D eigenvalue weighted by molar-refractivity contribution is 5.85. The Labute approximate surface area is 165 Å². The molecule has 27 heavy (non-hydrogen) atoms. The molecule has 3 heterocycles. The molecule has 1 saturated heterocycles. The van der Waals surface area contributed by atoms with Crippen LogP contribution in [-0.2, 0) is 12.1 Å². The van der Waals surface area contributed by atoms with E-state index in [1.807, 2.05) is 16.9 Å². The molecule has 0 radical (unpaired) electrons. The highest BCUT2D eigenvalue weighted by atomic mass is 35.5. The van der Waals surface area contributed by atoms with Gasteiger partial charge in [-0.05, 0) is 51.7 Å². The molecule has 4 rings (SSSR count). The third-order valence-electron chi connectivity index (χ3n) is 4.91. The van der Waals surface area contributed by atoms with Crippen molar-refractivity contribution in [2.75, 3.05) is 27.2 Å². The van der Waals surface area contributed by atoms with E-state index >= 15 is 0 Å². The third kappa shape index (κ3) is 3.90. The first-order chi connectivity index (χ1) is 12.7. The molecule has 1 aromatic carbocycles. The average molecular weight is 389 g/mol. The van der Waals surface area contributed by atoms with Gasteiger partial charge in [0.1, 0.15) is 5.54 Å². The number of rotatable bonds is 5.